The number of nitrogens with one attached hydrogen (secondary N) is 1. The van der Waals surface area contributed by atoms with Crippen molar-refractivity contribution in [3.05, 3.63) is 18.1 Å². The summed E-state index contributed by atoms with van der Waals surface area (Å²) in [5, 5.41) is 3.13. The number of halogens is 3. The van der Waals surface area contributed by atoms with Gasteiger partial charge < -0.3 is 20.0 Å². The second-order valence-electron chi connectivity index (χ2n) is 11.0. The molecule has 0 bridgehead atoms. The van der Waals surface area contributed by atoms with Gasteiger partial charge in [-0.3, -0.25) is 0 Å². The molecule has 1 aromatic heterocycles. The van der Waals surface area contributed by atoms with E-state index in [2.05, 4.69) is 41.0 Å². The number of urea groups is 1. The molecule has 0 unspecified atom stereocenters. The predicted octanol–water partition coefficient (Wildman–Crippen LogP) is 4.25. The number of piperazine rings is 1. The van der Waals surface area contributed by atoms with Gasteiger partial charge in [0, 0.05) is 31.7 Å². The van der Waals surface area contributed by atoms with E-state index in [1.807, 2.05) is 23.6 Å². The Morgan fingerprint density at radius 1 is 1.06 bits per heavy atom. The van der Waals surface area contributed by atoms with Gasteiger partial charge in [-0.2, -0.15) is 13.2 Å². The minimum absolute atomic E-state index is 0.0756. The zero-order chi connectivity index (χ0) is 25.1. The number of anilines is 1. The first-order valence-corrected chi connectivity index (χ1v) is 12.3. The van der Waals surface area contributed by atoms with Gasteiger partial charge in [0.05, 0.1) is 12.4 Å². The largest absolute Gasteiger partial charge is 0.434 e. The lowest BCUT2D eigenvalue weighted by molar-refractivity contribution is -0.141. The van der Waals surface area contributed by atoms with E-state index < -0.39 is 11.9 Å². The second-order valence-corrected chi connectivity index (χ2v) is 11.0. The van der Waals surface area contributed by atoms with Crippen LogP contribution < -0.4 is 10.2 Å². The number of likely N-dealkylation sites (tertiary alicyclic amines) is 1. The van der Waals surface area contributed by atoms with Crippen LogP contribution in [0.3, 0.4) is 0 Å². The normalized spacial score (nSPS) is 23.3. The Morgan fingerprint density at radius 3 is 2.18 bits per heavy atom. The SMILES string of the molecule is C[C@@H]1CN(c2cnc(C(F)(F)F)cn2)C[C@H](C)N1C(=O)NCC1CCN(CCC(C)(C)C)CC1. The number of hydrogen-bond donors (Lipinski definition) is 1. The summed E-state index contributed by atoms with van der Waals surface area (Å²) >= 11 is 0. The quantitative estimate of drug-likeness (QED) is 0.677. The number of aromatic nitrogens is 2. The van der Waals surface area contributed by atoms with E-state index in [1.165, 1.54) is 6.42 Å². The fourth-order valence-corrected chi connectivity index (χ4v) is 4.77. The minimum Gasteiger partial charge on any atom is -0.351 e. The Hall–Kier alpha value is -2.10. The highest BCUT2D eigenvalue weighted by Crippen LogP contribution is 2.28. The molecule has 0 radical (unpaired) electrons. The molecule has 0 spiro atoms. The molecular weight excluding hydrogens is 445 g/mol. The maximum atomic E-state index is 13.0. The summed E-state index contributed by atoms with van der Waals surface area (Å²) in [5.41, 5.74) is -0.656. The van der Waals surface area contributed by atoms with E-state index in [9.17, 15) is 18.0 Å². The maximum absolute atomic E-state index is 13.0. The van der Waals surface area contributed by atoms with Crippen LogP contribution in [0, 0.1) is 11.3 Å². The molecule has 10 heteroatoms. The molecule has 2 saturated heterocycles. The number of rotatable bonds is 5. The number of nitrogens with zero attached hydrogens (tertiary/aromatic N) is 5. The second kappa shape index (κ2) is 10.7. The number of amides is 2. The molecule has 1 aromatic rings. The smallest absolute Gasteiger partial charge is 0.351 e. The predicted molar refractivity (Wildman–Crippen MR) is 127 cm³/mol. The molecule has 2 aliphatic rings. The van der Waals surface area contributed by atoms with E-state index >= 15 is 0 Å². The monoisotopic (exact) mass is 484 g/mol. The van der Waals surface area contributed by atoms with Gasteiger partial charge in [0.2, 0.25) is 0 Å². The molecule has 34 heavy (non-hydrogen) atoms. The van der Waals surface area contributed by atoms with Crippen molar-refractivity contribution in [1.29, 1.82) is 0 Å². The van der Waals surface area contributed by atoms with Gasteiger partial charge in [-0.15, -0.1) is 0 Å². The summed E-state index contributed by atoms with van der Waals surface area (Å²) < 4.78 is 38.3. The van der Waals surface area contributed by atoms with Crippen LogP contribution in [-0.4, -0.2) is 77.2 Å². The van der Waals surface area contributed by atoms with Crippen LogP contribution in [0.4, 0.5) is 23.8 Å². The number of carbonyl (C=O) groups is 1. The third kappa shape index (κ3) is 7.20. The summed E-state index contributed by atoms with van der Waals surface area (Å²) in [5.74, 6) is 0.883. The van der Waals surface area contributed by atoms with Crippen molar-refractivity contribution in [3.63, 3.8) is 0 Å². The lowest BCUT2D eigenvalue weighted by Gasteiger charge is -2.44. The molecule has 2 fully saturated rings. The molecule has 3 rings (SSSR count). The topological polar surface area (TPSA) is 64.6 Å². The Balaban J connectivity index is 1.46. The van der Waals surface area contributed by atoms with Crippen LogP contribution in [0.5, 0.6) is 0 Å². The molecule has 2 atom stereocenters. The molecule has 1 N–H and O–H groups in total. The summed E-state index contributed by atoms with van der Waals surface area (Å²) in [6, 6.07) is -0.285. The highest BCUT2D eigenvalue weighted by atomic mass is 19.4. The molecule has 0 saturated carbocycles. The molecule has 0 aliphatic carbocycles. The van der Waals surface area contributed by atoms with Crippen LogP contribution in [0.25, 0.3) is 0 Å². The summed E-state index contributed by atoms with van der Waals surface area (Å²) in [7, 11) is 0. The van der Waals surface area contributed by atoms with Crippen molar-refractivity contribution < 1.29 is 18.0 Å². The summed E-state index contributed by atoms with van der Waals surface area (Å²) in [6.07, 6.45) is 0.788. The lowest BCUT2D eigenvalue weighted by Crippen LogP contribution is -2.61. The van der Waals surface area contributed by atoms with Gasteiger partial charge in [-0.25, -0.2) is 14.8 Å². The number of piperidine rings is 1. The standard InChI is InChI=1S/C24H39F3N6O/c1-17-15-32(21-14-28-20(13-29-21)24(25,26)27)16-18(2)33(17)22(34)30-12-19-6-9-31(10-7-19)11-8-23(3,4)5/h13-14,17-19H,6-12,15-16H2,1-5H3,(H,30,34)/t17-,18+. The maximum Gasteiger partial charge on any atom is 0.434 e. The number of alkyl halides is 3. The van der Waals surface area contributed by atoms with E-state index in [1.54, 1.807) is 0 Å². The Bertz CT molecular complexity index is 790. The minimum atomic E-state index is -4.51. The van der Waals surface area contributed by atoms with Gasteiger partial charge in [0.25, 0.3) is 0 Å². The molecular formula is C24H39F3N6O. The van der Waals surface area contributed by atoms with Crippen LogP contribution in [-0.2, 0) is 6.18 Å². The number of carbonyl (C=O) groups excluding carboxylic acids is 1. The average molecular weight is 485 g/mol. The van der Waals surface area contributed by atoms with Crippen molar-refractivity contribution in [1.82, 2.24) is 25.1 Å². The van der Waals surface area contributed by atoms with Crippen molar-refractivity contribution in [2.24, 2.45) is 11.3 Å². The zero-order valence-electron chi connectivity index (χ0n) is 21.0. The van der Waals surface area contributed by atoms with E-state index in [0.717, 1.165) is 44.9 Å². The van der Waals surface area contributed by atoms with Gasteiger partial charge in [-0.05, 0) is 64.1 Å². The molecule has 192 valence electrons. The van der Waals surface area contributed by atoms with Gasteiger partial charge >= 0.3 is 12.2 Å². The van der Waals surface area contributed by atoms with Crippen molar-refractivity contribution in [2.75, 3.05) is 44.2 Å². The van der Waals surface area contributed by atoms with Crippen molar-refractivity contribution in [3.8, 4) is 0 Å². The van der Waals surface area contributed by atoms with Crippen LogP contribution >= 0.6 is 0 Å². The third-order valence-corrected chi connectivity index (χ3v) is 6.83. The summed E-state index contributed by atoms with van der Waals surface area (Å²) in [6.45, 7) is 15.7. The molecule has 2 aliphatic heterocycles. The molecule has 3 heterocycles. The highest BCUT2D eigenvalue weighted by Gasteiger charge is 2.36. The van der Waals surface area contributed by atoms with Gasteiger partial charge in [0.15, 0.2) is 5.69 Å². The fraction of sp³-hybridized carbons (Fsp3) is 0.792. The van der Waals surface area contributed by atoms with Crippen LogP contribution in [0.2, 0.25) is 0 Å². The average Bonchev–Trinajstić information content (AvgIpc) is 2.75. The molecule has 7 nitrogen and oxygen atoms in total. The Morgan fingerprint density at radius 2 is 1.68 bits per heavy atom. The Kier molecular flexibility index (Phi) is 8.31. The van der Waals surface area contributed by atoms with E-state index in [0.29, 0.717) is 36.8 Å². The molecule has 2 amide bonds. The summed E-state index contributed by atoms with van der Waals surface area (Å²) in [4.78, 5) is 26.7. The highest BCUT2D eigenvalue weighted by molar-refractivity contribution is 5.75. The zero-order valence-corrected chi connectivity index (χ0v) is 21.0. The first-order chi connectivity index (χ1) is 15.8. The van der Waals surface area contributed by atoms with Crippen LogP contribution in [0.1, 0.15) is 59.6 Å². The first kappa shape index (κ1) is 26.5. The van der Waals surface area contributed by atoms with E-state index in [4.69, 9.17) is 0 Å². The number of hydrogen-bond acceptors (Lipinski definition) is 5. The lowest BCUT2D eigenvalue weighted by atomic mass is 9.91. The first-order valence-electron chi connectivity index (χ1n) is 12.3. The Labute approximate surface area is 201 Å². The van der Waals surface area contributed by atoms with Gasteiger partial charge in [-0.1, -0.05) is 20.8 Å². The third-order valence-electron chi connectivity index (χ3n) is 6.83. The van der Waals surface area contributed by atoms with Gasteiger partial charge in [0.1, 0.15) is 5.82 Å². The van der Waals surface area contributed by atoms with Crippen molar-refractivity contribution >= 4 is 11.8 Å². The van der Waals surface area contributed by atoms with Crippen molar-refractivity contribution in [2.45, 2.75) is 72.1 Å². The van der Waals surface area contributed by atoms with Crippen LogP contribution in [0.15, 0.2) is 12.4 Å². The molecule has 0 aromatic carbocycles. The van der Waals surface area contributed by atoms with E-state index in [-0.39, 0.29) is 18.1 Å². The fourth-order valence-electron chi connectivity index (χ4n) is 4.77.